The van der Waals surface area contributed by atoms with Crippen molar-refractivity contribution in [2.24, 2.45) is 0 Å². The maximum absolute atomic E-state index is 11.5. The first-order valence-electron chi connectivity index (χ1n) is 4.95. The van der Waals surface area contributed by atoms with Crippen molar-refractivity contribution in [3.63, 3.8) is 0 Å². The number of nitrogens with one attached hydrogen (secondary N) is 3. The highest BCUT2D eigenvalue weighted by Crippen LogP contribution is 2.27. The van der Waals surface area contributed by atoms with Gasteiger partial charge in [-0.1, -0.05) is 0 Å². The van der Waals surface area contributed by atoms with Gasteiger partial charge in [0.1, 0.15) is 5.65 Å². The summed E-state index contributed by atoms with van der Waals surface area (Å²) >= 11 is 1.13. The van der Waals surface area contributed by atoms with Crippen LogP contribution in [0.4, 0.5) is 0 Å². The molecule has 2 aromatic rings. The zero-order valence-corrected chi connectivity index (χ0v) is 9.47. The highest BCUT2D eigenvalue weighted by molar-refractivity contribution is 8.18. The molecule has 6 heteroatoms. The van der Waals surface area contributed by atoms with Crippen LogP contribution >= 0.6 is 11.8 Å². The Morgan fingerprint density at radius 2 is 2.35 bits per heavy atom. The average molecular weight is 244 g/mol. The van der Waals surface area contributed by atoms with E-state index < -0.39 is 0 Å². The Kier molecular flexibility index (Phi) is 2.22. The first-order valence-corrected chi connectivity index (χ1v) is 5.77. The minimum Gasteiger partial charge on any atom is -0.346 e. The van der Waals surface area contributed by atoms with Crippen LogP contribution in [0.15, 0.2) is 29.4 Å². The van der Waals surface area contributed by atoms with E-state index in [0.717, 1.165) is 28.4 Å². The fraction of sp³-hybridized carbons (Fsp3) is 0. The van der Waals surface area contributed by atoms with Crippen molar-refractivity contribution in [2.45, 2.75) is 0 Å². The number of pyridine rings is 1. The SMILES string of the molecule is N=C1NC(=O)C(=Cc2c[nH]c3ncccc23)S1. The summed E-state index contributed by atoms with van der Waals surface area (Å²) in [6, 6.07) is 3.79. The molecule has 84 valence electrons. The van der Waals surface area contributed by atoms with Gasteiger partial charge in [-0.15, -0.1) is 0 Å². The molecule has 3 N–H and O–H groups in total. The third kappa shape index (κ3) is 1.72. The molecule has 0 aliphatic carbocycles. The molecular formula is C11H8N4OS. The number of H-pyrrole nitrogens is 1. The van der Waals surface area contributed by atoms with E-state index in [0.29, 0.717) is 4.91 Å². The molecular weight excluding hydrogens is 236 g/mol. The van der Waals surface area contributed by atoms with Crippen molar-refractivity contribution in [3.8, 4) is 0 Å². The number of nitrogens with zero attached hydrogens (tertiary/aromatic N) is 1. The number of amides is 1. The van der Waals surface area contributed by atoms with Crippen LogP contribution in [0, 0.1) is 5.41 Å². The Hall–Kier alpha value is -2.08. The summed E-state index contributed by atoms with van der Waals surface area (Å²) in [5, 5.41) is 10.9. The molecule has 0 aromatic carbocycles. The molecule has 1 aliphatic heterocycles. The maximum atomic E-state index is 11.5. The third-order valence-corrected chi connectivity index (χ3v) is 3.26. The van der Waals surface area contributed by atoms with Gasteiger partial charge in [0.05, 0.1) is 4.91 Å². The first-order chi connectivity index (χ1) is 8.24. The van der Waals surface area contributed by atoms with Crippen LogP contribution < -0.4 is 5.32 Å². The predicted molar refractivity (Wildman–Crippen MR) is 67.5 cm³/mol. The smallest absolute Gasteiger partial charge is 0.264 e. The highest BCUT2D eigenvalue weighted by atomic mass is 32.2. The lowest BCUT2D eigenvalue weighted by molar-refractivity contribution is -0.115. The number of thioether (sulfide) groups is 1. The number of fused-ring (bicyclic) bond motifs is 1. The maximum Gasteiger partial charge on any atom is 0.264 e. The summed E-state index contributed by atoms with van der Waals surface area (Å²) < 4.78 is 0. The molecule has 0 radical (unpaired) electrons. The zero-order chi connectivity index (χ0) is 11.8. The summed E-state index contributed by atoms with van der Waals surface area (Å²) in [7, 11) is 0. The molecule has 1 saturated heterocycles. The quantitative estimate of drug-likeness (QED) is 0.668. The van der Waals surface area contributed by atoms with Gasteiger partial charge < -0.3 is 10.3 Å². The van der Waals surface area contributed by atoms with Gasteiger partial charge in [-0.3, -0.25) is 10.2 Å². The number of aromatic nitrogens is 2. The second-order valence-electron chi connectivity index (χ2n) is 3.54. The van der Waals surface area contributed by atoms with Crippen LogP contribution in [0.1, 0.15) is 5.56 Å². The predicted octanol–water partition coefficient (Wildman–Crippen LogP) is 1.70. The molecule has 0 unspecified atom stereocenters. The fourth-order valence-corrected chi connectivity index (χ4v) is 2.37. The monoisotopic (exact) mass is 244 g/mol. The molecule has 0 atom stereocenters. The lowest BCUT2D eigenvalue weighted by Crippen LogP contribution is -2.18. The lowest BCUT2D eigenvalue weighted by Gasteiger charge is -1.92. The molecule has 0 spiro atoms. The van der Waals surface area contributed by atoms with Gasteiger partial charge in [0.2, 0.25) is 0 Å². The molecule has 1 amide bonds. The van der Waals surface area contributed by atoms with Gasteiger partial charge in [-0.05, 0) is 30.0 Å². The van der Waals surface area contributed by atoms with Crippen LogP contribution in [-0.4, -0.2) is 21.0 Å². The van der Waals surface area contributed by atoms with Gasteiger partial charge in [-0.2, -0.15) is 0 Å². The second-order valence-corrected chi connectivity index (χ2v) is 4.59. The number of carbonyl (C=O) groups excluding carboxylic acids is 1. The number of aromatic amines is 1. The van der Waals surface area contributed by atoms with Gasteiger partial charge in [0.25, 0.3) is 5.91 Å². The highest BCUT2D eigenvalue weighted by Gasteiger charge is 2.22. The summed E-state index contributed by atoms with van der Waals surface area (Å²) in [5.41, 5.74) is 1.69. The number of amidine groups is 1. The van der Waals surface area contributed by atoms with E-state index in [1.54, 1.807) is 18.5 Å². The molecule has 3 heterocycles. The summed E-state index contributed by atoms with van der Waals surface area (Å²) in [5.74, 6) is -0.224. The molecule has 5 nitrogen and oxygen atoms in total. The van der Waals surface area contributed by atoms with Gasteiger partial charge in [0, 0.05) is 23.3 Å². The van der Waals surface area contributed by atoms with Gasteiger partial charge in [-0.25, -0.2) is 4.98 Å². The molecule has 0 bridgehead atoms. The molecule has 3 rings (SSSR count). The first kappa shape index (κ1) is 10.1. The topological polar surface area (TPSA) is 81.6 Å². The van der Waals surface area contributed by atoms with E-state index >= 15 is 0 Å². The van der Waals surface area contributed by atoms with Crippen molar-refractivity contribution in [1.82, 2.24) is 15.3 Å². The van der Waals surface area contributed by atoms with Crippen molar-refractivity contribution in [1.29, 1.82) is 5.41 Å². The Labute approximate surface area is 101 Å². The van der Waals surface area contributed by atoms with Crippen LogP contribution in [0.25, 0.3) is 17.1 Å². The summed E-state index contributed by atoms with van der Waals surface area (Å²) in [6.07, 6.45) is 5.28. The van der Waals surface area contributed by atoms with Gasteiger partial charge >= 0.3 is 0 Å². The molecule has 0 saturated carbocycles. The molecule has 2 aromatic heterocycles. The Balaban J connectivity index is 2.08. The second kappa shape index (κ2) is 3.74. The molecule has 1 fully saturated rings. The van der Waals surface area contributed by atoms with Crippen LogP contribution in [0.2, 0.25) is 0 Å². The number of hydrogen-bond donors (Lipinski definition) is 3. The van der Waals surface area contributed by atoms with E-state index in [9.17, 15) is 4.79 Å². The molecule has 17 heavy (non-hydrogen) atoms. The molecule has 1 aliphatic rings. The fourth-order valence-electron chi connectivity index (χ4n) is 1.68. The van der Waals surface area contributed by atoms with Crippen molar-refractivity contribution >= 4 is 39.9 Å². The normalized spacial score (nSPS) is 18.0. The Bertz CT molecular complexity index is 658. The summed E-state index contributed by atoms with van der Waals surface area (Å²) in [6.45, 7) is 0. The average Bonchev–Trinajstić information content (AvgIpc) is 2.85. The number of hydrogen-bond acceptors (Lipinski definition) is 4. The van der Waals surface area contributed by atoms with Crippen LogP contribution in [0.5, 0.6) is 0 Å². The number of rotatable bonds is 1. The Morgan fingerprint density at radius 1 is 1.47 bits per heavy atom. The Morgan fingerprint density at radius 3 is 3.12 bits per heavy atom. The van der Waals surface area contributed by atoms with E-state index in [4.69, 9.17) is 5.41 Å². The largest absolute Gasteiger partial charge is 0.346 e. The van der Waals surface area contributed by atoms with Gasteiger partial charge in [0.15, 0.2) is 5.17 Å². The summed E-state index contributed by atoms with van der Waals surface area (Å²) in [4.78, 5) is 19.2. The number of carbonyl (C=O) groups is 1. The van der Waals surface area contributed by atoms with Crippen LogP contribution in [0.3, 0.4) is 0 Å². The van der Waals surface area contributed by atoms with E-state index in [2.05, 4.69) is 15.3 Å². The lowest BCUT2D eigenvalue weighted by atomic mass is 10.2. The van der Waals surface area contributed by atoms with E-state index in [1.165, 1.54) is 0 Å². The van der Waals surface area contributed by atoms with Crippen molar-refractivity contribution < 1.29 is 4.79 Å². The van der Waals surface area contributed by atoms with Crippen molar-refractivity contribution in [2.75, 3.05) is 0 Å². The third-order valence-electron chi connectivity index (χ3n) is 2.43. The van der Waals surface area contributed by atoms with E-state index in [1.807, 2.05) is 12.1 Å². The van der Waals surface area contributed by atoms with E-state index in [-0.39, 0.29) is 11.1 Å². The standard InChI is InChI=1S/C11H8N4OS/c12-11-15-10(16)8(17-11)4-6-5-14-9-7(6)2-1-3-13-9/h1-5H,(H,13,14)(H2,12,15,16). The minimum absolute atomic E-state index is 0.166. The van der Waals surface area contributed by atoms with Crippen LogP contribution in [-0.2, 0) is 4.79 Å². The zero-order valence-electron chi connectivity index (χ0n) is 8.65. The minimum atomic E-state index is -0.224. The van der Waals surface area contributed by atoms with Crippen molar-refractivity contribution in [3.05, 3.63) is 35.0 Å².